The Hall–Kier alpha value is -3.23. The maximum Gasteiger partial charge on any atom is 0.337 e. The Morgan fingerprint density at radius 3 is 2.41 bits per heavy atom. The number of nitrogens with zero attached hydrogens (tertiary/aromatic N) is 1. The number of rotatable bonds is 6. The molecule has 0 fully saturated rings. The van der Waals surface area contributed by atoms with Gasteiger partial charge in [0.05, 0.1) is 40.9 Å². The highest BCUT2D eigenvalue weighted by Gasteiger charge is 2.40. The minimum Gasteiger partial charge on any atom is -0.466 e. The van der Waals surface area contributed by atoms with Gasteiger partial charge in [0, 0.05) is 17.3 Å². The van der Waals surface area contributed by atoms with Crippen LogP contribution in [0, 0.1) is 17.0 Å². The number of esters is 2. The first-order chi connectivity index (χ1) is 13.6. The Labute approximate surface area is 167 Å². The summed E-state index contributed by atoms with van der Waals surface area (Å²) in [5, 5.41) is 14.1. The lowest BCUT2D eigenvalue weighted by Gasteiger charge is -2.31. The van der Waals surface area contributed by atoms with Crippen LogP contribution in [0.25, 0.3) is 0 Å². The molecule has 29 heavy (non-hydrogen) atoms. The number of hydrogen-bond donors (Lipinski definition) is 1. The first-order valence-corrected chi connectivity index (χ1v) is 8.93. The zero-order valence-electron chi connectivity index (χ0n) is 16.9. The highest BCUT2D eigenvalue weighted by molar-refractivity contribution is 6.00. The summed E-state index contributed by atoms with van der Waals surface area (Å²) in [6.45, 7) is 5.39. The average Bonchev–Trinajstić information content (AvgIpc) is 2.65. The molecule has 8 nitrogen and oxygen atoms in total. The van der Waals surface area contributed by atoms with Gasteiger partial charge >= 0.3 is 11.9 Å². The van der Waals surface area contributed by atoms with Crippen LogP contribution < -0.4 is 5.32 Å². The standard InChI is InChI=1S/C20H23FN2O6/c1-10(2)29-20(25)16-12(4)22-14(9-21)18(19(24)28-5)17(16)13-7-6-8-15(11(13)3)23(26)27/h6-8,10,17,22H,9H2,1-5H3. The zero-order valence-corrected chi connectivity index (χ0v) is 16.9. The molecule has 0 radical (unpaired) electrons. The molecular weight excluding hydrogens is 383 g/mol. The smallest absolute Gasteiger partial charge is 0.337 e. The fourth-order valence-corrected chi connectivity index (χ4v) is 3.36. The Kier molecular flexibility index (Phi) is 6.73. The lowest BCUT2D eigenvalue weighted by Crippen LogP contribution is -2.34. The third-order valence-corrected chi connectivity index (χ3v) is 4.60. The number of allylic oxidation sites excluding steroid dienone is 2. The van der Waals surface area contributed by atoms with E-state index in [-0.39, 0.29) is 28.1 Å². The van der Waals surface area contributed by atoms with Crippen LogP contribution in [0.1, 0.15) is 37.8 Å². The molecule has 1 N–H and O–H groups in total. The summed E-state index contributed by atoms with van der Waals surface area (Å²) in [6, 6.07) is 4.33. The number of alkyl halides is 1. The molecule has 1 aliphatic rings. The molecule has 1 aromatic rings. The number of benzene rings is 1. The van der Waals surface area contributed by atoms with E-state index in [1.54, 1.807) is 26.8 Å². The van der Waals surface area contributed by atoms with Gasteiger partial charge in [-0.15, -0.1) is 0 Å². The Morgan fingerprint density at radius 2 is 1.90 bits per heavy atom. The molecule has 0 saturated heterocycles. The molecule has 1 aliphatic heterocycles. The Bertz CT molecular complexity index is 920. The lowest BCUT2D eigenvalue weighted by molar-refractivity contribution is -0.385. The molecule has 1 aromatic carbocycles. The number of hydrogen-bond acceptors (Lipinski definition) is 7. The molecule has 0 bridgehead atoms. The van der Waals surface area contributed by atoms with E-state index in [0.29, 0.717) is 11.3 Å². The van der Waals surface area contributed by atoms with Crippen molar-refractivity contribution in [1.29, 1.82) is 0 Å². The van der Waals surface area contributed by atoms with Crippen LogP contribution in [0.4, 0.5) is 10.1 Å². The van der Waals surface area contributed by atoms with Crippen LogP contribution in [0.15, 0.2) is 40.7 Å². The average molecular weight is 406 g/mol. The van der Waals surface area contributed by atoms with Crippen LogP contribution >= 0.6 is 0 Å². The monoisotopic (exact) mass is 406 g/mol. The van der Waals surface area contributed by atoms with Crippen molar-refractivity contribution in [1.82, 2.24) is 5.32 Å². The number of dihydropyridines is 1. The van der Waals surface area contributed by atoms with Crippen molar-refractivity contribution in [3.63, 3.8) is 0 Å². The maximum atomic E-state index is 13.8. The number of nitro groups is 1. The highest BCUT2D eigenvalue weighted by Crippen LogP contribution is 2.42. The fraction of sp³-hybridized carbons (Fsp3) is 0.400. The molecular formula is C20H23FN2O6. The van der Waals surface area contributed by atoms with Crippen molar-refractivity contribution >= 4 is 17.6 Å². The van der Waals surface area contributed by atoms with Gasteiger partial charge < -0.3 is 14.8 Å². The summed E-state index contributed by atoms with van der Waals surface area (Å²) in [6.07, 6.45) is -0.442. The van der Waals surface area contributed by atoms with E-state index in [2.05, 4.69) is 5.32 Å². The minimum absolute atomic E-state index is 0.0636. The van der Waals surface area contributed by atoms with Gasteiger partial charge in [-0.1, -0.05) is 12.1 Å². The first kappa shape index (κ1) is 22.1. The van der Waals surface area contributed by atoms with Crippen LogP contribution in [0.3, 0.4) is 0 Å². The molecule has 1 atom stereocenters. The summed E-state index contributed by atoms with van der Waals surface area (Å²) in [4.78, 5) is 36.3. The SMILES string of the molecule is COC(=O)C1=C(CF)NC(C)=C(C(=O)OC(C)C)C1c1cccc([N+](=O)[O-])c1C. The summed E-state index contributed by atoms with van der Waals surface area (Å²) in [5.74, 6) is -2.63. The number of carbonyl (C=O) groups is 2. The van der Waals surface area contributed by atoms with Gasteiger partial charge in [-0.3, -0.25) is 10.1 Å². The van der Waals surface area contributed by atoms with E-state index in [1.165, 1.54) is 19.1 Å². The summed E-state index contributed by atoms with van der Waals surface area (Å²) >= 11 is 0. The molecule has 1 unspecified atom stereocenters. The van der Waals surface area contributed by atoms with Crippen LogP contribution in [-0.2, 0) is 19.1 Å². The third-order valence-electron chi connectivity index (χ3n) is 4.60. The van der Waals surface area contributed by atoms with Gasteiger partial charge in [0.15, 0.2) is 0 Å². The van der Waals surface area contributed by atoms with Crippen molar-refractivity contribution in [2.75, 3.05) is 13.8 Å². The number of ether oxygens (including phenoxy) is 2. The molecule has 2 rings (SSSR count). The van der Waals surface area contributed by atoms with E-state index in [4.69, 9.17) is 9.47 Å². The molecule has 0 spiro atoms. The normalized spacial score (nSPS) is 16.6. The van der Waals surface area contributed by atoms with Crippen LogP contribution in [0.2, 0.25) is 0 Å². The minimum atomic E-state index is -1.08. The second-order valence-corrected chi connectivity index (χ2v) is 6.82. The predicted octanol–water partition coefficient (Wildman–Crippen LogP) is 3.21. The van der Waals surface area contributed by atoms with Gasteiger partial charge in [0.2, 0.25) is 0 Å². The summed E-state index contributed by atoms with van der Waals surface area (Å²) in [7, 11) is 1.14. The van der Waals surface area contributed by atoms with Crippen molar-refractivity contribution < 1.29 is 28.4 Å². The second kappa shape index (κ2) is 8.85. The van der Waals surface area contributed by atoms with Crippen molar-refractivity contribution in [2.45, 2.75) is 39.7 Å². The number of carbonyl (C=O) groups excluding carboxylic acids is 2. The van der Waals surface area contributed by atoms with Crippen LogP contribution in [-0.4, -0.2) is 36.8 Å². The quantitative estimate of drug-likeness (QED) is 0.439. The molecule has 0 aromatic heterocycles. The van der Waals surface area contributed by atoms with E-state index in [0.717, 1.165) is 7.11 Å². The summed E-state index contributed by atoms with van der Waals surface area (Å²) < 4.78 is 23.9. The highest BCUT2D eigenvalue weighted by atomic mass is 19.1. The topological polar surface area (TPSA) is 108 Å². The number of halogens is 1. The molecule has 156 valence electrons. The first-order valence-electron chi connectivity index (χ1n) is 8.93. The molecule has 0 amide bonds. The van der Waals surface area contributed by atoms with E-state index in [9.17, 15) is 24.1 Å². The number of nitrogens with one attached hydrogen (secondary N) is 1. The van der Waals surface area contributed by atoms with E-state index in [1.807, 2.05) is 0 Å². The molecule has 0 saturated carbocycles. The van der Waals surface area contributed by atoms with Crippen molar-refractivity contribution in [3.8, 4) is 0 Å². The number of nitro benzene ring substituents is 1. The van der Waals surface area contributed by atoms with Crippen LogP contribution in [0.5, 0.6) is 0 Å². The van der Waals surface area contributed by atoms with Gasteiger partial charge in [0.25, 0.3) is 5.69 Å². The maximum absolute atomic E-state index is 13.8. The van der Waals surface area contributed by atoms with Gasteiger partial charge in [0.1, 0.15) is 6.67 Å². The largest absolute Gasteiger partial charge is 0.466 e. The number of methoxy groups -OCH3 is 1. The molecule has 9 heteroatoms. The molecule has 1 heterocycles. The second-order valence-electron chi connectivity index (χ2n) is 6.82. The Morgan fingerprint density at radius 1 is 1.24 bits per heavy atom. The van der Waals surface area contributed by atoms with Gasteiger partial charge in [-0.2, -0.15) is 0 Å². The summed E-state index contributed by atoms with van der Waals surface area (Å²) in [5.41, 5.74) is 0.577. The third kappa shape index (κ3) is 4.28. The Balaban J connectivity index is 2.82. The van der Waals surface area contributed by atoms with E-state index >= 15 is 0 Å². The molecule has 0 aliphatic carbocycles. The van der Waals surface area contributed by atoms with Crippen molar-refractivity contribution in [3.05, 3.63) is 62.0 Å². The van der Waals surface area contributed by atoms with E-state index < -0.39 is 35.6 Å². The van der Waals surface area contributed by atoms with Gasteiger partial charge in [-0.05, 0) is 33.3 Å². The van der Waals surface area contributed by atoms with Gasteiger partial charge in [-0.25, -0.2) is 14.0 Å². The predicted molar refractivity (Wildman–Crippen MR) is 103 cm³/mol. The zero-order chi connectivity index (χ0) is 21.9. The lowest BCUT2D eigenvalue weighted by atomic mass is 9.78. The van der Waals surface area contributed by atoms with Crippen molar-refractivity contribution in [2.24, 2.45) is 0 Å². The fourth-order valence-electron chi connectivity index (χ4n) is 3.36.